The number of carbonyl (C=O) groups is 2. The van der Waals surface area contributed by atoms with Crippen LogP contribution >= 0.6 is 0 Å². The van der Waals surface area contributed by atoms with Gasteiger partial charge in [0.25, 0.3) is 0 Å². The molecule has 1 fully saturated rings. The van der Waals surface area contributed by atoms with Crippen LogP contribution in [-0.2, 0) is 16.0 Å². The van der Waals surface area contributed by atoms with E-state index < -0.39 is 0 Å². The lowest BCUT2D eigenvalue weighted by Gasteiger charge is -2.30. The van der Waals surface area contributed by atoms with E-state index >= 15 is 0 Å². The minimum Gasteiger partial charge on any atom is -0.493 e. The number of rotatable bonds is 3. The summed E-state index contributed by atoms with van der Waals surface area (Å²) in [6.45, 7) is 1.84. The van der Waals surface area contributed by atoms with Gasteiger partial charge in [0.1, 0.15) is 5.75 Å². The van der Waals surface area contributed by atoms with E-state index in [1.54, 1.807) is 11.0 Å². The molecule has 2 N–H and O–H groups in total. The zero-order chi connectivity index (χ0) is 15.5. The third-order valence-electron chi connectivity index (χ3n) is 4.27. The van der Waals surface area contributed by atoms with Gasteiger partial charge in [0.2, 0.25) is 11.8 Å². The Morgan fingerprint density at radius 2 is 2.23 bits per heavy atom. The number of amides is 2. The lowest BCUT2D eigenvalue weighted by molar-refractivity contribution is -0.130. The summed E-state index contributed by atoms with van der Waals surface area (Å²) in [7, 11) is 0. The molecule has 1 atom stereocenters. The van der Waals surface area contributed by atoms with E-state index in [4.69, 9.17) is 10.5 Å². The number of benzene rings is 1. The Labute approximate surface area is 129 Å². The molecule has 1 saturated heterocycles. The molecule has 0 saturated carbocycles. The van der Waals surface area contributed by atoms with Gasteiger partial charge in [0.15, 0.2) is 0 Å². The van der Waals surface area contributed by atoms with Gasteiger partial charge in [-0.25, -0.2) is 0 Å². The molecule has 0 radical (unpaired) electrons. The molecular weight excluding hydrogens is 280 g/mol. The van der Waals surface area contributed by atoms with Gasteiger partial charge in [-0.2, -0.15) is 0 Å². The second-order valence-electron chi connectivity index (χ2n) is 5.82. The van der Waals surface area contributed by atoms with E-state index in [1.807, 2.05) is 18.2 Å². The van der Waals surface area contributed by atoms with Crippen LogP contribution in [0.25, 0.3) is 6.08 Å². The quantitative estimate of drug-likeness (QED) is 0.857. The van der Waals surface area contributed by atoms with Crippen LogP contribution in [0.3, 0.4) is 0 Å². The van der Waals surface area contributed by atoms with Crippen molar-refractivity contribution >= 4 is 17.9 Å². The number of likely N-dealkylation sites (tertiary alicyclic amines) is 1. The third kappa shape index (κ3) is 3.13. The monoisotopic (exact) mass is 300 g/mol. The minimum absolute atomic E-state index is 0.0669. The first-order valence-electron chi connectivity index (χ1n) is 7.65. The highest BCUT2D eigenvalue weighted by molar-refractivity contribution is 5.92. The van der Waals surface area contributed by atoms with Crippen LogP contribution < -0.4 is 10.5 Å². The first-order chi connectivity index (χ1) is 10.6. The maximum absolute atomic E-state index is 12.2. The molecule has 1 aromatic carbocycles. The topological polar surface area (TPSA) is 72.6 Å². The lowest BCUT2D eigenvalue weighted by Crippen LogP contribution is -2.43. The van der Waals surface area contributed by atoms with Crippen LogP contribution in [0.5, 0.6) is 5.75 Å². The highest BCUT2D eigenvalue weighted by atomic mass is 16.5. The number of ether oxygens (including phenoxy) is 1. The number of hydrogen-bond donors (Lipinski definition) is 1. The molecule has 22 heavy (non-hydrogen) atoms. The highest BCUT2D eigenvalue weighted by Gasteiger charge is 2.25. The van der Waals surface area contributed by atoms with Crippen molar-refractivity contribution in [1.29, 1.82) is 0 Å². The molecule has 1 unspecified atom stereocenters. The SMILES string of the molecule is NC(=O)C1CCCN(C(=O)/C=C/c2ccc3c(c2)CCO3)C1. The summed E-state index contributed by atoms with van der Waals surface area (Å²) in [6, 6.07) is 5.93. The van der Waals surface area contributed by atoms with Crippen LogP contribution in [-0.4, -0.2) is 36.4 Å². The Bertz CT molecular complexity index is 624. The van der Waals surface area contributed by atoms with E-state index in [1.165, 1.54) is 5.56 Å². The summed E-state index contributed by atoms with van der Waals surface area (Å²) in [5, 5.41) is 0. The number of primary amides is 1. The predicted octanol–water partition coefficient (Wildman–Crippen LogP) is 1.36. The van der Waals surface area contributed by atoms with Crippen molar-refractivity contribution in [3.8, 4) is 5.75 Å². The summed E-state index contributed by atoms with van der Waals surface area (Å²) in [5.74, 6) is 0.329. The molecule has 0 aliphatic carbocycles. The van der Waals surface area contributed by atoms with Gasteiger partial charge < -0.3 is 15.4 Å². The first-order valence-corrected chi connectivity index (χ1v) is 7.65. The van der Waals surface area contributed by atoms with Crippen molar-refractivity contribution in [3.05, 3.63) is 35.4 Å². The van der Waals surface area contributed by atoms with E-state index in [0.717, 1.165) is 37.2 Å². The summed E-state index contributed by atoms with van der Waals surface area (Å²) in [5.41, 5.74) is 7.51. The fourth-order valence-corrected chi connectivity index (χ4v) is 2.99. The van der Waals surface area contributed by atoms with Crippen LogP contribution in [0.2, 0.25) is 0 Å². The predicted molar refractivity (Wildman–Crippen MR) is 83.2 cm³/mol. The second-order valence-corrected chi connectivity index (χ2v) is 5.82. The maximum Gasteiger partial charge on any atom is 0.246 e. The van der Waals surface area contributed by atoms with Crippen molar-refractivity contribution in [3.63, 3.8) is 0 Å². The molecular formula is C17H20N2O3. The molecule has 116 valence electrons. The van der Waals surface area contributed by atoms with Crippen LogP contribution in [0, 0.1) is 5.92 Å². The van der Waals surface area contributed by atoms with E-state index in [2.05, 4.69) is 6.07 Å². The average molecular weight is 300 g/mol. The lowest BCUT2D eigenvalue weighted by atomic mass is 9.97. The van der Waals surface area contributed by atoms with Gasteiger partial charge in [-0.15, -0.1) is 0 Å². The Kier molecular flexibility index (Phi) is 4.13. The number of nitrogens with two attached hydrogens (primary N) is 1. The normalized spacial score (nSPS) is 20.7. The number of carbonyl (C=O) groups excluding carboxylic acids is 2. The van der Waals surface area contributed by atoms with Crippen LogP contribution in [0.4, 0.5) is 0 Å². The minimum atomic E-state index is -0.319. The van der Waals surface area contributed by atoms with Crippen molar-refractivity contribution in [1.82, 2.24) is 4.90 Å². The molecule has 5 nitrogen and oxygen atoms in total. The number of piperidine rings is 1. The van der Waals surface area contributed by atoms with E-state index in [9.17, 15) is 9.59 Å². The van der Waals surface area contributed by atoms with Crippen molar-refractivity contribution in [2.24, 2.45) is 11.7 Å². The van der Waals surface area contributed by atoms with Crippen molar-refractivity contribution in [2.75, 3.05) is 19.7 Å². The Morgan fingerprint density at radius 1 is 1.36 bits per heavy atom. The number of hydrogen-bond acceptors (Lipinski definition) is 3. The molecule has 0 spiro atoms. The third-order valence-corrected chi connectivity index (χ3v) is 4.27. The Hall–Kier alpha value is -2.30. The van der Waals surface area contributed by atoms with Crippen LogP contribution in [0.15, 0.2) is 24.3 Å². The summed E-state index contributed by atoms with van der Waals surface area (Å²) in [4.78, 5) is 25.2. The average Bonchev–Trinajstić information content (AvgIpc) is 3.00. The molecule has 0 aromatic heterocycles. The van der Waals surface area contributed by atoms with Gasteiger partial charge >= 0.3 is 0 Å². The number of fused-ring (bicyclic) bond motifs is 1. The Morgan fingerprint density at radius 3 is 3.05 bits per heavy atom. The Balaban J connectivity index is 1.64. The molecule has 2 aliphatic heterocycles. The smallest absolute Gasteiger partial charge is 0.246 e. The van der Waals surface area contributed by atoms with Crippen molar-refractivity contribution in [2.45, 2.75) is 19.3 Å². The van der Waals surface area contributed by atoms with Crippen molar-refractivity contribution < 1.29 is 14.3 Å². The van der Waals surface area contributed by atoms with Crippen LogP contribution in [0.1, 0.15) is 24.0 Å². The number of nitrogens with zero attached hydrogens (tertiary/aromatic N) is 1. The van der Waals surface area contributed by atoms with E-state index in [-0.39, 0.29) is 17.7 Å². The van der Waals surface area contributed by atoms with Gasteiger partial charge in [0, 0.05) is 25.6 Å². The molecule has 2 amide bonds. The molecule has 2 aliphatic rings. The fourth-order valence-electron chi connectivity index (χ4n) is 2.99. The molecule has 0 bridgehead atoms. The standard InChI is InChI=1S/C17H20N2O3/c18-17(21)14-2-1-8-19(11-14)16(20)6-4-12-3-5-15-13(10-12)7-9-22-15/h3-6,10,14H,1-2,7-9,11H2,(H2,18,21)/b6-4+. The summed E-state index contributed by atoms with van der Waals surface area (Å²) < 4.78 is 5.47. The fraction of sp³-hybridized carbons (Fsp3) is 0.412. The second kappa shape index (κ2) is 6.22. The van der Waals surface area contributed by atoms with Gasteiger partial charge in [-0.05, 0) is 42.2 Å². The molecule has 5 heteroatoms. The highest BCUT2D eigenvalue weighted by Crippen LogP contribution is 2.26. The first kappa shape index (κ1) is 14.6. The zero-order valence-electron chi connectivity index (χ0n) is 12.5. The summed E-state index contributed by atoms with van der Waals surface area (Å²) >= 11 is 0. The maximum atomic E-state index is 12.2. The summed E-state index contributed by atoms with van der Waals surface area (Å²) in [6.07, 6.45) is 5.89. The largest absolute Gasteiger partial charge is 0.493 e. The van der Waals surface area contributed by atoms with Gasteiger partial charge in [-0.1, -0.05) is 6.07 Å². The molecule has 1 aromatic rings. The molecule has 3 rings (SSSR count). The van der Waals surface area contributed by atoms with E-state index in [0.29, 0.717) is 13.1 Å². The van der Waals surface area contributed by atoms with Gasteiger partial charge in [0.05, 0.1) is 12.5 Å². The van der Waals surface area contributed by atoms with Gasteiger partial charge in [-0.3, -0.25) is 9.59 Å². The zero-order valence-corrected chi connectivity index (χ0v) is 12.5. The molecule has 2 heterocycles.